The Morgan fingerprint density at radius 3 is 2.30 bits per heavy atom. The van der Waals surface area contributed by atoms with Crippen molar-refractivity contribution in [2.75, 3.05) is 24.7 Å². The molecule has 1 saturated carbocycles. The van der Waals surface area contributed by atoms with Crippen LogP contribution >= 0.6 is 11.6 Å². The third-order valence-corrected chi connectivity index (χ3v) is 7.01. The molecular weight excluding hydrogens is 394 g/mol. The topological polar surface area (TPSA) is 116 Å². The van der Waals surface area contributed by atoms with Crippen molar-refractivity contribution in [1.82, 2.24) is 4.31 Å². The summed E-state index contributed by atoms with van der Waals surface area (Å²) in [6.07, 6.45) is 3.94. The lowest BCUT2D eigenvalue weighted by Gasteiger charge is -2.20. The van der Waals surface area contributed by atoms with Gasteiger partial charge in [0.1, 0.15) is 16.3 Å². The molecule has 0 aromatic heterocycles. The first-order valence-corrected chi connectivity index (χ1v) is 10.3. The summed E-state index contributed by atoms with van der Waals surface area (Å²) in [4.78, 5) is 23.4. The standard InChI is InChI=1S/C17H20ClN3O5S/c1-21(2)27(25,26)17-10(18)7-8-11(14(17)22)20-13-12(15(23)16(13)24)19-9-5-3-4-6-9/h7-9,19-20,22H,3-6H2,1-2H3. The zero-order valence-electron chi connectivity index (χ0n) is 14.9. The molecule has 2 aromatic rings. The molecule has 8 nitrogen and oxygen atoms in total. The number of anilines is 3. The molecule has 1 aliphatic rings. The number of sulfonamides is 1. The van der Waals surface area contributed by atoms with Gasteiger partial charge in [0, 0.05) is 20.1 Å². The van der Waals surface area contributed by atoms with Gasteiger partial charge in [-0.2, -0.15) is 0 Å². The molecule has 0 spiro atoms. The van der Waals surface area contributed by atoms with E-state index in [-0.39, 0.29) is 28.1 Å². The van der Waals surface area contributed by atoms with E-state index >= 15 is 0 Å². The predicted molar refractivity (Wildman–Crippen MR) is 105 cm³/mol. The normalized spacial score (nSPS) is 15.6. The van der Waals surface area contributed by atoms with Crippen LogP contribution in [0.15, 0.2) is 26.6 Å². The van der Waals surface area contributed by atoms with Crippen LogP contribution in [-0.4, -0.2) is 38.0 Å². The first-order chi connectivity index (χ1) is 12.6. The average molecular weight is 414 g/mol. The Morgan fingerprint density at radius 2 is 1.70 bits per heavy atom. The Morgan fingerprint density at radius 1 is 1.11 bits per heavy atom. The maximum Gasteiger partial charge on any atom is 0.253 e. The molecule has 0 bridgehead atoms. The maximum atomic E-state index is 12.4. The molecule has 0 amide bonds. The molecule has 0 atom stereocenters. The second-order valence-corrected chi connectivity index (χ2v) is 9.21. The van der Waals surface area contributed by atoms with Crippen LogP contribution in [0.2, 0.25) is 5.02 Å². The van der Waals surface area contributed by atoms with Gasteiger partial charge in [-0.05, 0) is 25.0 Å². The molecule has 146 valence electrons. The summed E-state index contributed by atoms with van der Waals surface area (Å²) < 4.78 is 25.7. The molecule has 0 aliphatic heterocycles. The van der Waals surface area contributed by atoms with Crippen LogP contribution in [-0.2, 0) is 10.0 Å². The third kappa shape index (κ3) is 3.42. The van der Waals surface area contributed by atoms with Crippen LogP contribution in [0.3, 0.4) is 0 Å². The summed E-state index contributed by atoms with van der Waals surface area (Å²) in [6, 6.07) is 2.77. The molecule has 1 fully saturated rings. The van der Waals surface area contributed by atoms with Crippen molar-refractivity contribution in [1.29, 1.82) is 0 Å². The van der Waals surface area contributed by atoms with Crippen LogP contribution in [0.5, 0.6) is 5.75 Å². The molecule has 1 aliphatic carbocycles. The van der Waals surface area contributed by atoms with Gasteiger partial charge in [0.25, 0.3) is 10.9 Å². The first kappa shape index (κ1) is 19.7. The van der Waals surface area contributed by atoms with E-state index in [0.717, 1.165) is 30.0 Å². The van der Waals surface area contributed by atoms with Crippen LogP contribution in [0.1, 0.15) is 25.7 Å². The second kappa shape index (κ2) is 7.14. The van der Waals surface area contributed by atoms with E-state index < -0.39 is 31.5 Å². The lowest BCUT2D eigenvalue weighted by atomic mass is 10.1. The number of rotatable bonds is 6. The van der Waals surface area contributed by atoms with E-state index in [1.807, 2.05) is 0 Å². The number of nitrogens with one attached hydrogen (secondary N) is 2. The Kier molecular flexibility index (Phi) is 5.20. The summed E-state index contributed by atoms with van der Waals surface area (Å²) in [5.74, 6) is -0.615. The minimum Gasteiger partial charge on any atom is -0.504 e. The quantitative estimate of drug-likeness (QED) is 0.489. The van der Waals surface area contributed by atoms with Gasteiger partial charge in [0.05, 0.1) is 10.7 Å². The van der Waals surface area contributed by atoms with Crippen LogP contribution in [0, 0.1) is 0 Å². The van der Waals surface area contributed by atoms with Gasteiger partial charge in [0.15, 0.2) is 5.75 Å². The number of benzene rings is 1. The molecular formula is C17H20ClN3O5S. The lowest BCUT2D eigenvalue weighted by Crippen LogP contribution is -2.38. The van der Waals surface area contributed by atoms with Crippen LogP contribution < -0.4 is 21.5 Å². The number of hydrogen-bond acceptors (Lipinski definition) is 7. The minimum absolute atomic E-state index is 0.0118. The fourth-order valence-electron chi connectivity index (χ4n) is 3.13. The van der Waals surface area contributed by atoms with E-state index in [9.17, 15) is 23.1 Å². The van der Waals surface area contributed by atoms with E-state index in [0.29, 0.717) is 0 Å². The van der Waals surface area contributed by atoms with Crippen molar-refractivity contribution in [2.24, 2.45) is 0 Å². The first-order valence-electron chi connectivity index (χ1n) is 8.45. The number of halogens is 1. The summed E-state index contributed by atoms with van der Waals surface area (Å²) in [5, 5.41) is 16.1. The third-order valence-electron chi connectivity index (χ3n) is 4.70. The molecule has 0 heterocycles. The number of nitrogens with zero attached hydrogens (tertiary/aromatic N) is 1. The number of aromatic hydroxyl groups is 1. The van der Waals surface area contributed by atoms with Crippen molar-refractivity contribution in [3.8, 4) is 5.75 Å². The Labute approximate surface area is 161 Å². The number of hydrogen-bond donors (Lipinski definition) is 3. The van der Waals surface area contributed by atoms with Crippen LogP contribution in [0.4, 0.5) is 17.1 Å². The average Bonchev–Trinajstić information content (AvgIpc) is 3.12. The molecule has 2 aromatic carbocycles. The minimum atomic E-state index is -4.01. The molecule has 10 heteroatoms. The van der Waals surface area contributed by atoms with Crippen molar-refractivity contribution in [3.63, 3.8) is 0 Å². The summed E-state index contributed by atoms with van der Waals surface area (Å²) in [7, 11) is -1.39. The molecule has 0 unspecified atom stereocenters. The Bertz CT molecular complexity index is 1050. The van der Waals surface area contributed by atoms with Gasteiger partial charge < -0.3 is 15.7 Å². The van der Waals surface area contributed by atoms with E-state index in [4.69, 9.17) is 11.6 Å². The van der Waals surface area contributed by atoms with Gasteiger partial charge in [0.2, 0.25) is 10.0 Å². The van der Waals surface area contributed by atoms with Crippen LogP contribution in [0.25, 0.3) is 0 Å². The molecule has 3 rings (SSSR count). The van der Waals surface area contributed by atoms with Gasteiger partial charge >= 0.3 is 0 Å². The van der Waals surface area contributed by atoms with Crippen molar-refractivity contribution in [2.45, 2.75) is 36.6 Å². The lowest BCUT2D eigenvalue weighted by molar-refractivity contribution is 0.455. The highest BCUT2D eigenvalue weighted by Gasteiger charge is 2.29. The van der Waals surface area contributed by atoms with E-state index in [1.54, 1.807) is 0 Å². The fourth-order valence-corrected chi connectivity index (χ4v) is 4.61. The number of phenolic OH excluding ortho intramolecular Hbond substituents is 1. The number of phenols is 1. The van der Waals surface area contributed by atoms with E-state index in [2.05, 4.69) is 10.6 Å². The monoisotopic (exact) mass is 413 g/mol. The Hall–Kier alpha value is -2.10. The molecule has 3 N–H and O–H groups in total. The maximum absolute atomic E-state index is 12.4. The molecule has 27 heavy (non-hydrogen) atoms. The highest BCUT2D eigenvalue weighted by molar-refractivity contribution is 7.89. The smallest absolute Gasteiger partial charge is 0.253 e. The van der Waals surface area contributed by atoms with Gasteiger partial charge in [-0.1, -0.05) is 24.4 Å². The van der Waals surface area contributed by atoms with Crippen molar-refractivity contribution < 1.29 is 13.5 Å². The zero-order valence-corrected chi connectivity index (χ0v) is 16.4. The second-order valence-electron chi connectivity index (χ2n) is 6.72. The summed E-state index contributed by atoms with van der Waals surface area (Å²) in [5.41, 5.74) is -1.20. The highest BCUT2D eigenvalue weighted by atomic mass is 35.5. The fraction of sp³-hybridized carbons (Fsp3) is 0.412. The summed E-state index contributed by atoms with van der Waals surface area (Å²) in [6.45, 7) is 0. The van der Waals surface area contributed by atoms with Gasteiger partial charge in [-0.15, -0.1) is 0 Å². The predicted octanol–water partition coefficient (Wildman–Crippen LogP) is 1.99. The molecule has 0 saturated heterocycles. The van der Waals surface area contributed by atoms with Gasteiger partial charge in [-0.3, -0.25) is 9.59 Å². The van der Waals surface area contributed by atoms with Crippen molar-refractivity contribution in [3.05, 3.63) is 37.6 Å². The summed E-state index contributed by atoms with van der Waals surface area (Å²) >= 11 is 5.97. The largest absolute Gasteiger partial charge is 0.504 e. The van der Waals surface area contributed by atoms with E-state index in [1.165, 1.54) is 26.2 Å². The van der Waals surface area contributed by atoms with Gasteiger partial charge in [-0.25, -0.2) is 12.7 Å². The molecule has 0 radical (unpaired) electrons. The van der Waals surface area contributed by atoms with Crippen molar-refractivity contribution >= 4 is 38.7 Å². The zero-order chi connectivity index (χ0) is 19.9. The SMILES string of the molecule is CN(C)S(=O)(=O)c1c(Cl)ccc(Nc2c(NC3CCCC3)c(=O)c2=O)c1O. The highest BCUT2D eigenvalue weighted by Crippen LogP contribution is 2.39. The Balaban J connectivity index is 1.97.